The molecule has 0 radical (unpaired) electrons. The van der Waals surface area contributed by atoms with E-state index in [4.69, 9.17) is 19.9 Å². The Hall–Kier alpha value is -2.30. The van der Waals surface area contributed by atoms with Crippen molar-refractivity contribution in [3.05, 3.63) is 33.6 Å². The lowest BCUT2D eigenvalue weighted by atomic mass is 9.87. The lowest BCUT2D eigenvalue weighted by Crippen LogP contribution is -2.56. The van der Waals surface area contributed by atoms with Crippen molar-refractivity contribution < 1.29 is 28.3 Å². The second-order valence-corrected chi connectivity index (χ2v) is 5.93. The van der Waals surface area contributed by atoms with Crippen LogP contribution in [0.3, 0.4) is 0 Å². The second kappa shape index (κ2) is 8.39. The molecule has 1 aromatic carbocycles. The molecule has 1 saturated heterocycles. The molecule has 0 aromatic heterocycles. The van der Waals surface area contributed by atoms with Crippen LogP contribution >= 0.6 is 0 Å². The van der Waals surface area contributed by atoms with Crippen molar-refractivity contribution >= 4 is 11.6 Å². The molecule has 1 unspecified atom stereocenters. The van der Waals surface area contributed by atoms with Crippen LogP contribution in [0.4, 0.5) is 10.1 Å². The molecule has 2 N–H and O–H groups in total. The summed E-state index contributed by atoms with van der Waals surface area (Å²) in [6, 6.07) is 1.92. The Morgan fingerprint density at radius 3 is 2.62 bits per heavy atom. The van der Waals surface area contributed by atoms with E-state index in [2.05, 4.69) is 0 Å². The fraction of sp³-hybridized carbons (Fsp3) is 0.562. The third-order valence-corrected chi connectivity index (χ3v) is 4.44. The summed E-state index contributed by atoms with van der Waals surface area (Å²) in [5.74, 6) is -1.77. The van der Waals surface area contributed by atoms with Gasteiger partial charge < -0.3 is 19.9 Å². The summed E-state index contributed by atoms with van der Waals surface area (Å²) in [5, 5.41) is 11.2. The molecule has 144 valence electrons. The average molecular weight is 371 g/mol. The summed E-state index contributed by atoms with van der Waals surface area (Å²) in [4.78, 5) is 24.4. The van der Waals surface area contributed by atoms with Gasteiger partial charge in [-0.2, -0.15) is 4.39 Å². The van der Waals surface area contributed by atoms with Gasteiger partial charge in [0.05, 0.1) is 24.7 Å². The number of carbonyl (C=O) groups is 1. The predicted molar refractivity (Wildman–Crippen MR) is 89.4 cm³/mol. The lowest BCUT2D eigenvalue weighted by molar-refractivity contribution is -0.387. The minimum Gasteiger partial charge on any atom is -0.491 e. The first-order chi connectivity index (χ1) is 12.3. The molecule has 9 nitrogen and oxygen atoms in total. The Bertz CT molecular complexity index is 680. The number of nitro benzene ring substituents is 1. The van der Waals surface area contributed by atoms with E-state index in [1.165, 1.54) is 7.11 Å². The molecule has 1 atom stereocenters. The zero-order valence-electron chi connectivity index (χ0n) is 14.7. The number of hydrogen-bond donors (Lipinski definition) is 1. The molecule has 1 aliphatic heterocycles. The number of nitro groups is 1. The molecule has 0 spiro atoms. The van der Waals surface area contributed by atoms with Gasteiger partial charge in [0.25, 0.3) is 0 Å². The van der Waals surface area contributed by atoms with Crippen LogP contribution in [-0.2, 0) is 19.8 Å². The van der Waals surface area contributed by atoms with Gasteiger partial charge in [0.2, 0.25) is 11.7 Å². The summed E-state index contributed by atoms with van der Waals surface area (Å²) in [6.07, 6.45) is 0. The smallest absolute Gasteiger partial charge is 0.305 e. The number of benzene rings is 1. The fourth-order valence-electron chi connectivity index (χ4n) is 2.89. The molecule has 26 heavy (non-hydrogen) atoms. The highest BCUT2D eigenvalue weighted by molar-refractivity contribution is 5.87. The summed E-state index contributed by atoms with van der Waals surface area (Å²) in [6.45, 7) is 3.39. The quantitative estimate of drug-likeness (QED) is 0.408. The topological polar surface area (TPSA) is 117 Å². The summed E-state index contributed by atoms with van der Waals surface area (Å²) in [5.41, 5.74) is 3.62. The third kappa shape index (κ3) is 3.92. The van der Waals surface area contributed by atoms with E-state index in [-0.39, 0.29) is 24.5 Å². The van der Waals surface area contributed by atoms with Gasteiger partial charge >= 0.3 is 5.69 Å². The van der Waals surface area contributed by atoms with Crippen molar-refractivity contribution in [1.82, 2.24) is 4.90 Å². The minimum atomic E-state index is -1.43. The normalized spacial score (nSPS) is 17.5. The highest BCUT2D eigenvalue weighted by Crippen LogP contribution is 2.39. The van der Waals surface area contributed by atoms with Gasteiger partial charge in [-0.15, -0.1) is 0 Å². The first-order valence-electron chi connectivity index (χ1n) is 8.05. The number of ether oxygens (including phenoxy) is 3. The van der Waals surface area contributed by atoms with Crippen LogP contribution < -0.4 is 10.5 Å². The Morgan fingerprint density at radius 1 is 1.42 bits per heavy atom. The molecule has 1 aliphatic rings. The molecule has 1 aromatic rings. The molecular formula is C16H22FN3O6. The SMILES string of the molecule is COCCOc1cc(F)c([N+](=O)[O-])cc1C(C)(C(N)=O)N1CCOCC1. The van der Waals surface area contributed by atoms with E-state index in [9.17, 15) is 19.3 Å². The summed E-state index contributed by atoms with van der Waals surface area (Å²) < 4.78 is 29.8. The van der Waals surface area contributed by atoms with Crippen LogP contribution in [0.1, 0.15) is 12.5 Å². The third-order valence-electron chi connectivity index (χ3n) is 4.44. The number of nitrogens with zero attached hydrogens (tertiary/aromatic N) is 2. The fourth-order valence-corrected chi connectivity index (χ4v) is 2.89. The van der Waals surface area contributed by atoms with Gasteiger partial charge in [0, 0.05) is 37.9 Å². The van der Waals surface area contributed by atoms with Crippen molar-refractivity contribution in [1.29, 1.82) is 0 Å². The number of halogens is 1. The molecule has 1 heterocycles. The molecule has 0 saturated carbocycles. The molecule has 1 fully saturated rings. The highest BCUT2D eigenvalue weighted by Gasteiger charge is 2.44. The first kappa shape index (κ1) is 20.0. The molecule has 2 rings (SSSR count). The van der Waals surface area contributed by atoms with E-state index in [1.807, 2.05) is 0 Å². The molecule has 10 heteroatoms. The number of rotatable bonds is 8. The Labute approximate surface area is 149 Å². The Balaban J connectivity index is 2.58. The van der Waals surface area contributed by atoms with Crippen LogP contribution in [0.2, 0.25) is 0 Å². The van der Waals surface area contributed by atoms with Crippen LogP contribution in [0, 0.1) is 15.9 Å². The van der Waals surface area contributed by atoms with Crippen LogP contribution in [-0.4, -0.2) is 62.4 Å². The van der Waals surface area contributed by atoms with Crippen molar-refractivity contribution in [2.45, 2.75) is 12.5 Å². The van der Waals surface area contributed by atoms with Crippen molar-refractivity contribution in [2.75, 3.05) is 46.6 Å². The highest BCUT2D eigenvalue weighted by atomic mass is 19.1. The Morgan fingerprint density at radius 2 is 2.08 bits per heavy atom. The zero-order valence-corrected chi connectivity index (χ0v) is 14.7. The number of amides is 1. The molecular weight excluding hydrogens is 349 g/mol. The number of nitrogens with two attached hydrogens (primary N) is 1. The van der Waals surface area contributed by atoms with Crippen molar-refractivity contribution in [2.24, 2.45) is 5.73 Å². The van der Waals surface area contributed by atoms with E-state index in [0.717, 1.165) is 12.1 Å². The maximum atomic E-state index is 14.1. The van der Waals surface area contributed by atoms with E-state index in [0.29, 0.717) is 26.3 Å². The van der Waals surface area contributed by atoms with Crippen molar-refractivity contribution in [3.8, 4) is 5.75 Å². The van der Waals surface area contributed by atoms with E-state index >= 15 is 0 Å². The largest absolute Gasteiger partial charge is 0.491 e. The van der Waals surface area contributed by atoms with Crippen LogP contribution in [0.5, 0.6) is 5.75 Å². The maximum absolute atomic E-state index is 14.1. The average Bonchev–Trinajstić information content (AvgIpc) is 2.61. The molecule has 1 amide bonds. The van der Waals surface area contributed by atoms with Gasteiger partial charge in [0.15, 0.2) is 0 Å². The lowest BCUT2D eigenvalue weighted by Gasteiger charge is -2.41. The standard InChI is InChI=1S/C16H22FN3O6/c1-16(15(18)21,19-3-5-25-6-4-19)11-9-13(20(22)23)12(17)10-14(11)26-8-7-24-2/h9-10H,3-8H2,1-2H3,(H2,18,21). The predicted octanol–water partition coefficient (Wildman–Crippen LogP) is 0.792. The maximum Gasteiger partial charge on any atom is 0.305 e. The van der Waals surface area contributed by atoms with Gasteiger partial charge in [0.1, 0.15) is 17.9 Å². The van der Waals surface area contributed by atoms with E-state index < -0.39 is 27.9 Å². The number of morpholine rings is 1. The number of carbonyl (C=O) groups excluding carboxylic acids is 1. The first-order valence-corrected chi connectivity index (χ1v) is 8.05. The second-order valence-electron chi connectivity index (χ2n) is 5.93. The number of methoxy groups -OCH3 is 1. The minimum absolute atomic E-state index is 0.0120. The van der Waals surface area contributed by atoms with Gasteiger partial charge in [-0.1, -0.05) is 0 Å². The number of hydrogen-bond acceptors (Lipinski definition) is 7. The number of primary amides is 1. The van der Waals surface area contributed by atoms with Crippen LogP contribution in [0.25, 0.3) is 0 Å². The van der Waals surface area contributed by atoms with Gasteiger partial charge in [-0.3, -0.25) is 19.8 Å². The summed E-state index contributed by atoms with van der Waals surface area (Å²) >= 11 is 0. The molecule has 0 aliphatic carbocycles. The van der Waals surface area contributed by atoms with Crippen molar-refractivity contribution in [3.63, 3.8) is 0 Å². The zero-order chi connectivity index (χ0) is 19.3. The van der Waals surface area contributed by atoms with E-state index in [1.54, 1.807) is 11.8 Å². The van der Waals surface area contributed by atoms with Gasteiger partial charge in [-0.25, -0.2) is 0 Å². The Kier molecular flexibility index (Phi) is 6.46. The summed E-state index contributed by atoms with van der Waals surface area (Å²) in [7, 11) is 1.47. The van der Waals surface area contributed by atoms with Gasteiger partial charge in [-0.05, 0) is 6.92 Å². The monoisotopic (exact) mass is 371 g/mol. The van der Waals surface area contributed by atoms with Crippen LogP contribution in [0.15, 0.2) is 12.1 Å². The molecule has 0 bridgehead atoms.